The zero-order chi connectivity index (χ0) is 10.1. The zero-order valence-electron chi connectivity index (χ0n) is 7.47. The van der Waals surface area contributed by atoms with Gasteiger partial charge in [-0.15, -0.1) is 0 Å². The summed E-state index contributed by atoms with van der Waals surface area (Å²) in [7, 11) is 1.53. The summed E-state index contributed by atoms with van der Waals surface area (Å²) in [5.41, 5.74) is 0.695. The first-order valence-corrected chi connectivity index (χ1v) is 3.97. The molecule has 2 rings (SSSR count). The molecule has 5 nitrogen and oxygen atoms in total. The van der Waals surface area contributed by atoms with Crippen LogP contribution in [0, 0.1) is 0 Å². The topological polar surface area (TPSA) is 63.8 Å². The van der Waals surface area contributed by atoms with E-state index in [4.69, 9.17) is 9.84 Å². The summed E-state index contributed by atoms with van der Waals surface area (Å²) in [5, 5.41) is 12.7. The van der Waals surface area contributed by atoms with Crippen LogP contribution in [0.3, 0.4) is 0 Å². The van der Waals surface area contributed by atoms with Crippen molar-refractivity contribution < 1.29 is 14.6 Å². The highest BCUT2D eigenvalue weighted by Gasteiger charge is 2.11. The molecule has 0 fully saturated rings. The second-order valence-electron chi connectivity index (χ2n) is 2.76. The largest absolute Gasteiger partial charge is 0.497 e. The molecule has 0 spiro atoms. The SMILES string of the molecule is COc1ccn2ncc(C(=O)O)c2c1. The van der Waals surface area contributed by atoms with Crippen LogP contribution < -0.4 is 4.74 Å². The van der Waals surface area contributed by atoms with Gasteiger partial charge in [-0.3, -0.25) is 0 Å². The molecule has 0 bridgehead atoms. The fourth-order valence-electron chi connectivity index (χ4n) is 1.25. The molecule has 0 unspecified atom stereocenters. The van der Waals surface area contributed by atoms with Crippen molar-refractivity contribution in [2.45, 2.75) is 0 Å². The smallest absolute Gasteiger partial charge is 0.339 e. The minimum Gasteiger partial charge on any atom is -0.497 e. The normalized spacial score (nSPS) is 10.4. The molecule has 0 saturated carbocycles. The van der Waals surface area contributed by atoms with E-state index in [-0.39, 0.29) is 5.56 Å². The number of carboxylic acids is 1. The van der Waals surface area contributed by atoms with Crippen LogP contribution in [0.25, 0.3) is 5.52 Å². The third kappa shape index (κ3) is 1.19. The molecular weight excluding hydrogens is 184 g/mol. The van der Waals surface area contributed by atoms with Crippen LogP contribution >= 0.6 is 0 Å². The molecule has 2 heterocycles. The van der Waals surface area contributed by atoms with Crippen LogP contribution in [0.15, 0.2) is 24.5 Å². The van der Waals surface area contributed by atoms with Gasteiger partial charge in [0.1, 0.15) is 11.3 Å². The minimum atomic E-state index is -0.992. The lowest BCUT2D eigenvalue weighted by atomic mass is 10.2. The van der Waals surface area contributed by atoms with E-state index < -0.39 is 5.97 Å². The van der Waals surface area contributed by atoms with Crippen LogP contribution in [-0.4, -0.2) is 27.8 Å². The van der Waals surface area contributed by atoms with E-state index in [1.807, 2.05) is 0 Å². The fraction of sp³-hybridized carbons (Fsp3) is 0.111. The van der Waals surface area contributed by atoms with Crippen molar-refractivity contribution in [1.29, 1.82) is 0 Å². The van der Waals surface area contributed by atoms with Crippen molar-refractivity contribution >= 4 is 11.5 Å². The van der Waals surface area contributed by atoms with Crippen molar-refractivity contribution in [3.63, 3.8) is 0 Å². The first-order chi connectivity index (χ1) is 6.72. The predicted molar refractivity (Wildman–Crippen MR) is 48.7 cm³/mol. The van der Waals surface area contributed by atoms with E-state index in [0.29, 0.717) is 11.3 Å². The second-order valence-corrected chi connectivity index (χ2v) is 2.76. The summed E-state index contributed by atoms with van der Waals surface area (Å²) in [6, 6.07) is 3.35. The molecule has 72 valence electrons. The van der Waals surface area contributed by atoms with Gasteiger partial charge in [0.05, 0.1) is 18.8 Å². The van der Waals surface area contributed by atoms with Gasteiger partial charge in [0.15, 0.2) is 0 Å². The van der Waals surface area contributed by atoms with Gasteiger partial charge >= 0.3 is 5.97 Å². The maximum absolute atomic E-state index is 10.8. The summed E-state index contributed by atoms with van der Waals surface area (Å²) in [6.45, 7) is 0. The van der Waals surface area contributed by atoms with Crippen LogP contribution in [-0.2, 0) is 0 Å². The molecule has 5 heteroatoms. The van der Waals surface area contributed by atoms with Crippen molar-refractivity contribution in [3.8, 4) is 5.75 Å². The van der Waals surface area contributed by atoms with Crippen molar-refractivity contribution in [3.05, 3.63) is 30.1 Å². The lowest BCUT2D eigenvalue weighted by Crippen LogP contribution is -1.95. The molecule has 0 radical (unpaired) electrons. The molecule has 2 aromatic rings. The molecule has 0 aliphatic carbocycles. The van der Waals surface area contributed by atoms with Crippen molar-refractivity contribution in [1.82, 2.24) is 9.61 Å². The van der Waals surface area contributed by atoms with Gasteiger partial charge in [-0.05, 0) is 6.07 Å². The maximum atomic E-state index is 10.8. The highest BCUT2D eigenvalue weighted by Crippen LogP contribution is 2.17. The number of aromatic carboxylic acids is 1. The van der Waals surface area contributed by atoms with E-state index in [0.717, 1.165) is 0 Å². The Balaban J connectivity index is 2.69. The number of fused-ring (bicyclic) bond motifs is 1. The number of methoxy groups -OCH3 is 1. The van der Waals surface area contributed by atoms with E-state index >= 15 is 0 Å². The lowest BCUT2D eigenvalue weighted by molar-refractivity contribution is 0.0699. The van der Waals surface area contributed by atoms with E-state index in [1.54, 1.807) is 18.3 Å². The quantitative estimate of drug-likeness (QED) is 0.772. The Kier molecular flexibility index (Phi) is 1.85. The van der Waals surface area contributed by atoms with Crippen molar-refractivity contribution in [2.24, 2.45) is 0 Å². The van der Waals surface area contributed by atoms with Gasteiger partial charge in [0, 0.05) is 12.3 Å². The summed E-state index contributed by atoms with van der Waals surface area (Å²) >= 11 is 0. The maximum Gasteiger partial charge on any atom is 0.339 e. The molecule has 0 atom stereocenters. The lowest BCUT2D eigenvalue weighted by Gasteiger charge is -1.99. The van der Waals surface area contributed by atoms with Crippen LogP contribution in [0.4, 0.5) is 0 Å². The Hall–Kier alpha value is -2.04. The Morgan fingerprint density at radius 3 is 3.07 bits per heavy atom. The Morgan fingerprint density at radius 1 is 1.64 bits per heavy atom. The predicted octanol–water partition coefficient (Wildman–Crippen LogP) is 1.04. The molecule has 0 saturated heterocycles. The van der Waals surface area contributed by atoms with Crippen LogP contribution in [0.5, 0.6) is 5.75 Å². The molecule has 0 aromatic carbocycles. The zero-order valence-corrected chi connectivity index (χ0v) is 7.47. The van der Waals surface area contributed by atoms with Gasteiger partial charge in [0.25, 0.3) is 0 Å². The number of ether oxygens (including phenoxy) is 1. The van der Waals surface area contributed by atoms with Gasteiger partial charge in [-0.25, -0.2) is 9.31 Å². The Labute approximate surface area is 79.5 Å². The highest BCUT2D eigenvalue weighted by molar-refractivity contribution is 5.95. The third-order valence-electron chi connectivity index (χ3n) is 1.96. The highest BCUT2D eigenvalue weighted by atomic mass is 16.5. The van der Waals surface area contributed by atoms with E-state index in [1.165, 1.54) is 17.8 Å². The summed E-state index contributed by atoms with van der Waals surface area (Å²) in [5.74, 6) is -0.381. The van der Waals surface area contributed by atoms with Crippen molar-refractivity contribution in [2.75, 3.05) is 7.11 Å². The third-order valence-corrected chi connectivity index (χ3v) is 1.96. The average molecular weight is 192 g/mol. The molecule has 0 aliphatic heterocycles. The fourth-order valence-corrected chi connectivity index (χ4v) is 1.25. The average Bonchev–Trinajstić information content (AvgIpc) is 2.59. The minimum absolute atomic E-state index is 0.170. The van der Waals surface area contributed by atoms with Gasteiger partial charge in [0.2, 0.25) is 0 Å². The number of hydrogen-bond donors (Lipinski definition) is 1. The number of hydrogen-bond acceptors (Lipinski definition) is 3. The number of carboxylic acid groups (broad SMARTS) is 1. The number of carbonyl (C=O) groups is 1. The standard InChI is InChI=1S/C9H8N2O3/c1-14-6-2-3-11-8(4-6)7(5-10-11)9(12)13/h2-5H,1H3,(H,12,13). The monoisotopic (exact) mass is 192 g/mol. The number of aromatic nitrogens is 2. The van der Waals surface area contributed by atoms with Crippen LogP contribution in [0.1, 0.15) is 10.4 Å². The number of rotatable bonds is 2. The molecule has 2 aromatic heterocycles. The van der Waals surface area contributed by atoms with Crippen LogP contribution in [0.2, 0.25) is 0 Å². The van der Waals surface area contributed by atoms with Gasteiger partial charge in [-0.1, -0.05) is 0 Å². The summed E-state index contributed by atoms with van der Waals surface area (Å²) in [6.07, 6.45) is 2.97. The molecule has 0 aliphatic rings. The van der Waals surface area contributed by atoms with Gasteiger partial charge < -0.3 is 9.84 Å². The Morgan fingerprint density at radius 2 is 2.43 bits per heavy atom. The summed E-state index contributed by atoms with van der Waals surface area (Å²) < 4.78 is 6.48. The molecule has 1 N–H and O–H groups in total. The Bertz CT molecular complexity index is 490. The number of pyridine rings is 1. The van der Waals surface area contributed by atoms with E-state index in [9.17, 15) is 4.79 Å². The molecule has 14 heavy (non-hydrogen) atoms. The molecular formula is C9H8N2O3. The molecule has 0 amide bonds. The second kappa shape index (κ2) is 3.02. The van der Waals surface area contributed by atoms with Gasteiger partial charge in [-0.2, -0.15) is 5.10 Å². The first kappa shape index (κ1) is 8.55. The first-order valence-electron chi connectivity index (χ1n) is 3.97. The van der Waals surface area contributed by atoms with E-state index in [2.05, 4.69) is 5.10 Å². The number of nitrogens with zero attached hydrogens (tertiary/aromatic N) is 2. The summed E-state index contributed by atoms with van der Waals surface area (Å²) in [4.78, 5) is 10.8.